The van der Waals surface area contributed by atoms with Gasteiger partial charge in [-0.3, -0.25) is 14.6 Å². The largest absolute Gasteiger partial charge is 0.484 e. The molecule has 0 aliphatic carbocycles. The fourth-order valence-corrected chi connectivity index (χ4v) is 2.48. The number of carbonyl (C=O) groups excluding carboxylic acids is 2. The van der Waals surface area contributed by atoms with Crippen LogP contribution in [0.15, 0.2) is 36.5 Å². The molecule has 0 radical (unpaired) electrons. The Kier molecular flexibility index (Phi) is 8.82. The molecule has 0 spiro atoms. The highest BCUT2D eigenvalue weighted by Gasteiger charge is 2.11. The number of amides is 2. The fourth-order valence-electron chi connectivity index (χ4n) is 2.36. The number of aromatic nitrogens is 1. The minimum Gasteiger partial charge on any atom is -0.484 e. The molecule has 9 heteroatoms. The van der Waals surface area contributed by atoms with Crippen molar-refractivity contribution in [3.05, 3.63) is 58.6 Å². The predicted molar refractivity (Wildman–Crippen MR) is 106 cm³/mol. The van der Waals surface area contributed by atoms with Crippen molar-refractivity contribution < 1.29 is 23.8 Å². The van der Waals surface area contributed by atoms with Crippen LogP contribution in [0.5, 0.6) is 5.75 Å². The number of aliphatic hydroxyl groups is 1. The molecule has 0 aliphatic heterocycles. The summed E-state index contributed by atoms with van der Waals surface area (Å²) in [6, 6.07) is 7.42. The van der Waals surface area contributed by atoms with Crippen LogP contribution in [0.1, 0.15) is 29.4 Å². The number of aryl methyl sites for hydroxylation is 1. The van der Waals surface area contributed by atoms with E-state index in [1.54, 1.807) is 12.3 Å². The number of halogens is 2. The van der Waals surface area contributed by atoms with Crippen molar-refractivity contribution in [1.82, 2.24) is 15.6 Å². The molecule has 2 aromatic rings. The summed E-state index contributed by atoms with van der Waals surface area (Å²) >= 11 is 5.57. The van der Waals surface area contributed by atoms with E-state index in [2.05, 4.69) is 15.6 Å². The quantitative estimate of drug-likeness (QED) is 0.543. The highest BCUT2D eigenvalue weighted by molar-refractivity contribution is 6.30. The lowest BCUT2D eigenvalue weighted by Crippen LogP contribution is -2.37. The molecular formula is C20H23ClFN3O4. The number of benzene rings is 1. The first kappa shape index (κ1) is 22.6. The Balaban J connectivity index is 1.64. The maximum absolute atomic E-state index is 13.3. The van der Waals surface area contributed by atoms with E-state index in [1.165, 1.54) is 12.1 Å². The molecule has 0 saturated carbocycles. The highest BCUT2D eigenvalue weighted by Crippen LogP contribution is 2.20. The Bertz CT molecular complexity index is 850. The van der Waals surface area contributed by atoms with E-state index in [0.29, 0.717) is 5.69 Å². The molecule has 1 aromatic heterocycles. The topological polar surface area (TPSA) is 101 Å². The van der Waals surface area contributed by atoms with Crippen molar-refractivity contribution in [2.24, 2.45) is 0 Å². The van der Waals surface area contributed by atoms with Crippen molar-refractivity contribution >= 4 is 23.4 Å². The lowest BCUT2D eigenvalue weighted by molar-refractivity contribution is -0.123. The highest BCUT2D eigenvalue weighted by atomic mass is 35.5. The number of nitrogens with one attached hydrogen (secondary N) is 2. The standard InChI is InChI=1S/C20H23ClFN3O4/c1-2-13-5-7-23-18(9-13)20(28)24-8-6-14(26)11-25-19(27)12-29-15-3-4-16(21)17(22)10-15/h3-5,7,9-10,14,26H,2,6,8,11-12H2,1H3,(H,24,28)(H,25,27). The summed E-state index contributed by atoms with van der Waals surface area (Å²) in [5.41, 5.74) is 1.33. The molecule has 156 valence electrons. The van der Waals surface area contributed by atoms with Gasteiger partial charge in [0.25, 0.3) is 11.8 Å². The molecule has 0 aliphatic rings. The summed E-state index contributed by atoms with van der Waals surface area (Å²) in [6.07, 6.45) is 1.79. The second-order valence-corrected chi connectivity index (χ2v) is 6.68. The number of ether oxygens (including phenoxy) is 1. The molecule has 3 N–H and O–H groups in total. The summed E-state index contributed by atoms with van der Waals surface area (Å²) in [5.74, 6) is -1.26. The molecule has 1 heterocycles. The first-order valence-corrected chi connectivity index (χ1v) is 9.52. The number of aliphatic hydroxyl groups excluding tert-OH is 1. The van der Waals surface area contributed by atoms with Crippen LogP contribution < -0.4 is 15.4 Å². The van der Waals surface area contributed by atoms with Crippen LogP contribution in [0.3, 0.4) is 0 Å². The van der Waals surface area contributed by atoms with Gasteiger partial charge in [0.15, 0.2) is 6.61 Å². The summed E-state index contributed by atoms with van der Waals surface area (Å²) < 4.78 is 18.5. The molecule has 1 aromatic carbocycles. The molecule has 29 heavy (non-hydrogen) atoms. The molecule has 0 fully saturated rings. The van der Waals surface area contributed by atoms with Gasteiger partial charge in [0.1, 0.15) is 17.3 Å². The molecule has 0 bridgehead atoms. The lowest BCUT2D eigenvalue weighted by Gasteiger charge is -2.13. The Labute approximate surface area is 173 Å². The van der Waals surface area contributed by atoms with Crippen LogP contribution in [-0.4, -0.2) is 47.7 Å². The van der Waals surface area contributed by atoms with E-state index in [1.807, 2.05) is 13.0 Å². The molecule has 1 atom stereocenters. The van der Waals surface area contributed by atoms with Gasteiger partial charge in [0.05, 0.1) is 11.1 Å². The molecule has 7 nitrogen and oxygen atoms in total. The molecule has 2 amide bonds. The van der Waals surface area contributed by atoms with Gasteiger partial charge in [-0.2, -0.15) is 0 Å². The molecule has 1 unspecified atom stereocenters. The van der Waals surface area contributed by atoms with Crippen molar-refractivity contribution in [2.75, 3.05) is 19.7 Å². The normalized spacial score (nSPS) is 11.6. The van der Waals surface area contributed by atoms with Gasteiger partial charge in [0, 0.05) is 25.4 Å². The number of hydrogen-bond donors (Lipinski definition) is 3. The summed E-state index contributed by atoms with van der Waals surface area (Å²) in [7, 11) is 0. The number of carbonyl (C=O) groups is 2. The van der Waals surface area contributed by atoms with Crippen LogP contribution in [0, 0.1) is 5.82 Å². The van der Waals surface area contributed by atoms with Crippen LogP contribution in [0.4, 0.5) is 4.39 Å². The van der Waals surface area contributed by atoms with Crippen molar-refractivity contribution in [1.29, 1.82) is 0 Å². The van der Waals surface area contributed by atoms with Crippen LogP contribution in [-0.2, 0) is 11.2 Å². The summed E-state index contributed by atoms with van der Waals surface area (Å²) in [6.45, 7) is 1.88. The van der Waals surface area contributed by atoms with Gasteiger partial charge < -0.3 is 20.5 Å². The Hall–Kier alpha value is -2.71. The van der Waals surface area contributed by atoms with Crippen LogP contribution >= 0.6 is 11.6 Å². The molecular weight excluding hydrogens is 401 g/mol. The van der Waals surface area contributed by atoms with E-state index in [-0.39, 0.29) is 42.8 Å². The first-order valence-electron chi connectivity index (χ1n) is 9.14. The second-order valence-electron chi connectivity index (χ2n) is 6.27. The average Bonchev–Trinajstić information content (AvgIpc) is 2.73. The zero-order chi connectivity index (χ0) is 21.2. The third-order valence-corrected chi connectivity index (χ3v) is 4.33. The summed E-state index contributed by atoms with van der Waals surface area (Å²) in [4.78, 5) is 27.8. The second kappa shape index (κ2) is 11.3. The third kappa shape index (κ3) is 7.67. The average molecular weight is 424 g/mol. The monoisotopic (exact) mass is 423 g/mol. The predicted octanol–water partition coefficient (Wildman–Crippen LogP) is 2.11. The van der Waals surface area contributed by atoms with Gasteiger partial charge >= 0.3 is 0 Å². The van der Waals surface area contributed by atoms with E-state index in [9.17, 15) is 19.1 Å². The maximum atomic E-state index is 13.3. The number of hydrogen-bond acceptors (Lipinski definition) is 5. The molecule has 0 saturated heterocycles. The number of nitrogens with zero attached hydrogens (tertiary/aromatic N) is 1. The van der Waals surface area contributed by atoms with Crippen molar-refractivity contribution in [2.45, 2.75) is 25.9 Å². The van der Waals surface area contributed by atoms with E-state index in [0.717, 1.165) is 18.1 Å². The van der Waals surface area contributed by atoms with Crippen molar-refractivity contribution in [3.63, 3.8) is 0 Å². The van der Waals surface area contributed by atoms with Gasteiger partial charge in [-0.25, -0.2) is 4.39 Å². The zero-order valence-corrected chi connectivity index (χ0v) is 16.7. The zero-order valence-electron chi connectivity index (χ0n) is 16.0. The maximum Gasteiger partial charge on any atom is 0.269 e. The van der Waals surface area contributed by atoms with Gasteiger partial charge in [-0.15, -0.1) is 0 Å². The smallest absolute Gasteiger partial charge is 0.269 e. The van der Waals surface area contributed by atoms with Crippen LogP contribution in [0.2, 0.25) is 5.02 Å². The molecule has 2 rings (SSSR count). The Morgan fingerprint density at radius 2 is 2.07 bits per heavy atom. The van der Waals surface area contributed by atoms with Gasteiger partial charge in [-0.1, -0.05) is 18.5 Å². The summed E-state index contributed by atoms with van der Waals surface area (Å²) in [5, 5.41) is 15.1. The van der Waals surface area contributed by atoms with E-state index in [4.69, 9.17) is 16.3 Å². The number of rotatable bonds is 10. The van der Waals surface area contributed by atoms with Crippen molar-refractivity contribution in [3.8, 4) is 5.75 Å². The van der Waals surface area contributed by atoms with Gasteiger partial charge in [-0.05, 0) is 42.7 Å². The van der Waals surface area contributed by atoms with Gasteiger partial charge in [0.2, 0.25) is 0 Å². The fraction of sp³-hybridized carbons (Fsp3) is 0.350. The van der Waals surface area contributed by atoms with E-state index < -0.39 is 17.8 Å². The first-order chi connectivity index (χ1) is 13.9. The number of pyridine rings is 1. The SMILES string of the molecule is CCc1ccnc(C(=O)NCCC(O)CNC(=O)COc2ccc(Cl)c(F)c2)c1. The minimum atomic E-state index is -0.845. The third-order valence-electron chi connectivity index (χ3n) is 4.02. The lowest BCUT2D eigenvalue weighted by atomic mass is 10.2. The van der Waals surface area contributed by atoms with E-state index >= 15 is 0 Å². The minimum absolute atomic E-state index is 0.00336. The Morgan fingerprint density at radius 1 is 1.28 bits per heavy atom. The Morgan fingerprint density at radius 3 is 2.79 bits per heavy atom. The van der Waals surface area contributed by atoms with Crippen LogP contribution in [0.25, 0.3) is 0 Å².